The number of anilines is 2. The first kappa shape index (κ1) is 18.8. The number of benzene rings is 2. The van der Waals surface area contributed by atoms with Crippen LogP contribution in [0.2, 0.25) is 0 Å². The van der Waals surface area contributed by atoms with E-state index < -0.39 is 16.1 Å². The highest BCUT2D eigenvalue weighted by Gasteiger charge is 2.16. The summed E-state index contributed by atoms with van der Waals surface area (Å²) in [6.07, 6.45) is 0.439. The number of aryl methyl sites for hydroxylation is 1. The molecule has 1 unspecified atom stereocenters. The maximum atomic E-state index is 12.2. The predicted octanol–water partition coefficient (Wildman–Crippen LogP) is 2.80. The fraction of sp³-hybridized carbons (Fsp3) is 0.278. The van der Waals surface area contributed by atoms with Crippen molar-refractivity contribution < 1.29 is 17.9 Å². The minimum absolute atomic E-state index is 0.263. The van der Waals surface area contributed by atoms with Gasteiger partial charge < -0.3 is 10.1 Å². The molecule has 1 N–H and O–H groups in total. The Labute approximate surface area is 148 Å². The number of nitrogens with one attached hydrogen (secondary N) is 1. The molecular formula is C18H22N2O4S. The van der Waals surface area contributed by atoms with Gasteiger partial charge in [0.1, 0.15) is 5.75 Å². The highest BCUT2D eigenvalue weighted by atomic mass is 32.2. The quantitative estimate of drug-likeness (QED) is 0.857. The summed E-state index contributed by atoms with van der Waals surface area (Å²) in [5.74, 6) is 0.221. The summed E-state index contributed by atoms with van der Waals surface area (Å²) < 4.78 is 29.8. The maximum absolute atomic E-state index is 12.2. The SMILES string of the molecule is Cc1ccc(NC(=O)C(C)Oc2ccc(N(C)S(C)(=O)=O)cc2)cc1. The third-order valence-electron chi connectivity index (χ3n) is 3.70. The predicted molar refractivity (Wildman–Crippen MR) is 99.6 cm³/mol. The monoisotopic (exact) mass is 362 g/mol. The van der Waals surface area contributed by atoms with Crippen LogP contribution in [-0.4, -0.2) is 33.7 Å². The molecule has 0 heterocycles. The Kier molecular flexibility index (Phi) is 5.69. The van der Waals surface area contributed by atoms with E-state index in [0.29, 0.717) is 17.1 Å². The number of hydrogen-bond donors (Lipinski definition) is 1. The van der Waals surface area contributed by atoms with Crippen LogP contribution in [0.25, 0.3) is 0 Å². The first-order valence-corrected chi connectivity index (χ1v) is 9.60. The van der Waals surface area contributed by atoms with Crippen LogP contribution in [-0.2, 0) is 14.8 Å². The van der Waals surface area contributed by atoms with Crippen molar-refractivity contribution in [2.45, 2.75) is 20.0 Å². The normalized spacial score (nSPS) is 12.3. The van der Waals surface area contributed by atoms with Gasteiger partial charge in [0, 0.05) is 12.7 Å². The standard InChI is InChI=1S/C18H22N2O4S/c1-13-5-7-15(8-6-13)19-18(21)14(2)24-17-11-9-16(10-12-17)20(3)25(4,22)23/h5-12,14H,1-4H3,(H,19,21). The largest absolute Gasteiger partial charge is 0.481 e. The summed E-state index contributed by atoms with van der Waals surface area (Å²) in [6.45, 7) is 3.63. The molecule has 0 aromatic heterocycles. The van der Waals surface area contributed by atoms with Crippen LogP contribution in [0.1, 0.15) is 12.5 Å². The number of nitrogens with zero attached hydrogens (tertiary/aromatic N) is 1. The Balaban J connectivity index is 1.99. The molecule has 0 saturated carbocycles. The summed E-state index contributed by atoms with van der Waals surface area (Å²) in [5.41, 5.74) is 2.34. The van der Waals surface area contributed by atoms with Gasteiger partial charge in [-0.3, -0.25) is 9.10 Å². The first-order valence-electron chi connectivity index (χ1n) is 7.75. The molecule has 1 amide bonds. The number of sulfonamides is 1. The third-order valence-corrected chi connectivity index (χ3v) is 4.90. The molecule has 2 aromatic carbocycles. The van der Waals surface area contributed by atoms with E-state index in [1.807, 2.05) is 31.2 Å². The lowest BCUT2D eigenvalue weighted by Gasteiger charge is -2.18. The highest BCUT2D eigenvalue weighted by Crippen LogP contribution is 2.21. The Hall–Kier alpha value is -2.54. The summed E-state index contributed by atoms with van der Waals surface area (Å²) >= 11 is 0. The van der Waals surface area contributed by atoms with E-state index in [0.717, 1.165) is 11.8 Å². The number of hydrogen-bond acceptors (Lipinski definition) is 4. The molecule has 25 heavy (non-hydrogen) atoms. The summed E-state index contributed by atoms with van der Waals surface area (Å²) in [5, 5.41) is 2.79. The molecule has 0 spiro atoms. The number of carbonyl (C=O) groups is 1. The smallest absolute Gasteiger partial charge is 0.265 e. The van der Waals surface area contributed by atoms with Gasteiger partial charge >= 0.3 is 0 Å². The second kappa shape index (κ2) is 7.57. The van der Waals surface area contributed by atoms with Gasteiger partial charge in [-0.1, -0.05) is 17.7 Å². The number of amides is 1. The lowest BCUT2D eigenvalue weighted by Crippen LogP contribution is -2.30. The second-order valence-electron chi connectivity index (χ2n) is 5.84. The summed E-state index contributed by atoms with van der Waals surface area (Å²) in [6, 6.07) is 14.0. The van der Waals surface area contributed by atoms with Gasteiger partial charge in [0.2, 0.25) is 10.0 Å². The average molecular weight is 362 g/mol. The van der Waals surface area contributed by atoms with E-state index in [4.69, 9.17) is 4.74 Å². The van der Waals surface area contributed by atoms with Gasteiger partial charge in [-0.2, -0.15) is 0 Å². The van der Waals surface area contributed by atoms with Crippen LogP contribution in [0.15, 0.2) is 48.5 Å². The van der Waals surface area contributed by atoms with Crippen LogP contribution < -0.4 is 14.4 Å². The van der Waals surface area contributed by atoms with E-state index in [2.05, 4.69) is 5.32 Å². The van der Waals surface area contributed by atoms with Crippen LogP contribution in [0.3, 0.4) is 0 Å². The van der Waals surface area contributed by atoms with Gasteiger partial charge in [-0.15, -0.1) is 0 Å². The molecule has 0 bridgehead atoms. The average Bonchev–Trinajstić information content (AvgIpc) is 2.56. The molecule has 0 saturated heterocycles. The first-order chi connectivity index (χ1) is 11.7. The van der Waals surface area contributed by atoms with Crippen molar-refractivity contribution in [1.82, 2.24) is 0 Å². The molecule has 0 radical (unpaired) electrons. The molecule has 6 nitrogen and oxygen atoms in total. The molecule has 134 valence electrons. The van der Waals surface area contributed by atoms with Crippen molar-refractivity contribution in [3.05, 3.63) is 54.1 Å². The second-order valence-corrected chi connectivity index (χ2v) is 7.85. The molecule has 2 rings (SSSR count). The van der Waals surface area contributed by atoms with Crippen molar-refractivity contribution in [2.75, 3.05) is 22.9 Å². The van der Waals surface area contributed by atoms with Crippen molar-refractivity contribution >= 4 is 27.3 Å². The number of carbonyl (C=O) groups excluding carboxylic acids is 1. The van der Waals surface area contributed by atoms with Crippen molar-refractivity contribution in [3.8, 4) is 5.75 Å². The van der Waals surface area contributed by atoms with Gasteiger partial charge in [0.25, 0.3) is 5.91 Å². The van der Waals surface area contributed by atoms with E-state index in [9.17, 15) is 13.2 Å². The van der Waals surface area contributed by atoms with Gasteiger partial charge in [0.05, 0.1) is 11.9 Å². The maximum Gasteiger partial charge on any atom is 0.265 e. The van der Waals surface area contributed by atoms with Crippen molar-refractivity contribution in [3.63, 3.8) is 0 Å². The molecule has 2 aromatic rings. The molecule has 0 aliphatic rings. The molecule has 0 aliphatic carbocycles. The van der Waals surface area contributed by atoms with Crippen molar-refractivity contribution in [2.24, 2.45) is 0 Å². The lowest BCUT2D eigenvalue weighted by atomic mass is 10.2. The van der Waals surface area contributed by atoms with Gasteiger partial charge in [0.15, 0.2) is 6.10 Å². The Bertz CT molecular complexity index is 830. The lowest BCUT2D eigenvalue weighted by molar-refractivity contribution is -0.122. The number of ether oxygens (including phenoxy) is 1. The van der Waals surface area contributed by atoms with Gasteiger partial charge in [-0.05, 0) is 50.2 Å². The minimum atomic E-state index is -3.31. The zero-order valence-electron chi connectivity index (χ0n) is 14.7. The molecule has 0 aliphatic heterocycles. The minimum Gasteiger partial charge on any atom is -0.481 e. The Morgan fingerprint density at radius 1 is 1.08 bits per heavy atom. The van der Waals surface area contributed by atoms with E-state index in [1.54, 1.807) is 31.2 Å². The summed E-state index contributed by atoms with van der Waals surface area (Å²) in [4.78, 5) is 12.2. The highest BCUT2D eigenvalue weighted by molar-refractivity contribution is 7.92. The van der Waals surface area contributed by atoms with Crippen LogP contribution in [0.5, 0.6) is 5.75 Å². The fourth-order valence-corrected chi connectivity index (χ4v) is 2.57. The van der Waals surface area contributed by atoms with E-state index in [1.165, 1.54) is 11.4 Å². The Morgan fingerprint density at radius 2 is 1.64 bits per heavy atom. The fourth-order valence-electron chi connectivity index (χ4n) is 2.06. The zero-order valence-corrected chi connectivity index (χ0v) is 15.5. The molecular weight excluding hydrogens is 340 g/mol. The number of rotatable bonds is 6. The van der Waals surface area contributed by atoms with E-state index >= 15 is 0 Å². The summed E-state index contributed by atoms with van der Waals surface area (Å²) in [7, 11) is -1.84. The van der Waals surface area contributed by atoms with Crippen LogP contribution >= 0.6 is 0 Å². The van der Waals surface area contributed by atoms with Crippen LogP contribution in [0.4, 0.5) is 11.4 Å². The topological polar surface area (TPSA) is 75.7 Å². The third kappa shape index (κ3) is 5.22. The zero-order chi connectivity index (χ0) is 18.6. The molecule has 1 atom stereocenters. The Morgan fingerprint density at radius 3 is 2.16 bits per heavy atom. The van der Waals surface area contributed by atoms with E-state index in [-0.39, 0.29) is 5.91 Å². The molecule has 0 fully saturated rings. The van der Waals surface area contributed by atoms with Gasteiger partial charge in [-0.25, -0.2) is 8.42 Å². The van der Waals surface area contributed by atoms with Crippen LogP contribution in [0, 0.1) is 6.92 Å². The molecule has 7 heteroatoms. The van der Waals surface area contributed by atoms with Crippen molar-refractivity contribution in [1.29, 1.82) is 0 Å².